The van der Waals surface area contributed by atoms with Gasteiger partial charge in [-0.2, -0.15) is 9.97 Å². The average Bonchev–Trinajstić information content (AvgIpc) is 3.25. The number of aromatic nitrogens is 3. The van der Waals surface area contributed by atoms with E-state index in [-0.39, 0.29) is 17.4 Å². The zero-order chi connectivity index (χ0) is 29.8. The van der Waals surface area contributed by atoms with Gasteiger partial charge in [-0.3, -0.25) is 5.32 Å². The topological polar surface area (TPSA) is 142 Å². The molecule has 0 amide bonds. The molecule has 0 spiro atoms. The molecule has 0 bridgehead atoms. The molecular formula is C29H38N6O6S. The summed E-state index contributed by atoms with van der Waals surface area (Å²) in [6.07, 6.45) is 4.75. The fourth-order valence-electron chi connectivity index (χ4n) is 5.72. The van der Waals surface area contributed by atoms with Gasteiger partial charge in [-0.25, -0.2) is 9.78 Å². The van der Waals surface area contributed by atoms with Crippen LogP contribution in [-0.4, -0.2) is 78.7 Å². The van der Waals surface area contributed by atoms with Crippen LogP contribution in [0.2, 0.25) is 0 Å². The summed E-state index contributed by atoms with van der Waals surface area (Å²) < 4.78 is 16.7. The number of aliphatic hydroxyl groups excluding tert-OH is 1. The molecule has 42 heavy (non-hydrogen) atoms. The van der Waals surface area contributed by atoms with Crippen molar-refractivity contribution >= 4 is 40.0 Å². The minimum absolute atomic E-state index is 0.137. The first-order chi connectivity index (χ1) is 20.3. The Labute approximate surface area is 249 Å². The fraction of sp³-hybridized carbons (Fsp3) is 0.517. The normalized spacial score (nSPS) is 16.9. The first-order valence-electron chi connectivity index (χ1n) is 14.1. The molecule has 2 aliphatic heterocycles. The first kappa shape index (κ1) is 29.6. The third kappa shape index (κ3) is 6.16. The van der Waals surface area contributed by atoms with Crippen LogP contribution in [0.5, 0.6) is 17.2 Å². The number of carboxylic acids is 1. The lowest BCUT2D eigenvalue weighted by Gasteiger charge is -2.35. The highest BCUT2D eigenvalue weighted by Gasteiger charge is 2.29. The number of ether oxygens (including phenoxy) is 3. The summed E-state index contributed by atoms with van der Waals surface area (Å²) in [5, 5.41) is 23.1. The van der Waals surface area contributed by atoms with Crippen LogP contribution < -0.4 is 29.3 Å². The van der Waals surface area contributed by atoms with Crippen LogP contribution in [0.25, 0.3) is 0 Å². The van der Waals surface area contributed by atoms with E-state index in [4.69, 9.17) is 24.2 Å². The molecular weight excluding hydrogens is 560 g/mol. The summed E-state index contributed by atoms with van der Waals surface area (Å²) in [6, 6.07) is 3.91. The third-order valence-electron chi connectivity index (χ3n) is 7.75. The molecule has 3 N–H and O–H groups in total. The number of benzene rings is 1. The molecule has 1 saturated heterocycles. The highest BCUT2D eigenvalue weighted by atomic mass is 32.1. The van der Waals surface area contributed by atoms with Gasteiger partial charge in [0.1, 0.15) is 16.5 Å². The van der Waals surface area contributed by atoms with E-state index in [0.29, 0.717) is 47.1 Å². The van der Waals surface area contributed by atoms with Crippen LogP contribution in [0.4, 0.5) is 22.7 Å². The van der Waals surface area contributed by atoms with Gasteiger partial charge in [0.2, 0.25) is 11.7 Å². The number of thiazole rings is 1. The van der Waals surface area contributed by atoms with Gasteiger partial charge >= 0.3 is 5.97 Å². The molecule has 2 aromatic heterocycles. The van der Waals surface area contributed by atoms with Crippen LogP contribution in [0.3, 0.4) is 0 Å². The van der Waals surface area contributed by atoms with Crippen LogP contribution in [0.15, 0.2) is 12.1 Å². The van der Waals surface area contributed by atoms with Crippen LogP contribution in [0.1, 0.15) is 52.2 Å². The smallest absolute Gasteiger partial charge is 0.347 e. The molecule has 0 aliphatic carbocycles. The summed E-state index contributed by atoms with van der Waals surface area (Å²) in [5.74, 6) is 2.92. The second kappa shape index (κ2) is 13.0. The third-order valence-corrected chi connectivity index (χ3v) is 8.81. The van der Waals surface area contributed by atoms with E-state index in [2.05, 4.69) is 20.1 Å². The molecule has 5 rings (SSSR count). The quantitative estimate of drug-likeness (QED) is 0.307. The van der Waals surface area contributed by atoms with E-state index >= 15 is 0 Å². The minimum atomic E-state index is -1.01. The number of anilines is 4. The Morgan fingerprint density at radius 3 is 2.43 bits per heavy atom. The molecule has 4 heterocycles. The minimum Gasteiger partial charge on any atom is -0.493 e. The number of rotatable bonds is 10. The molecule has 13 heteroatoms. The number of aryl methyl sites for hydroxylation is 1. The van der Waals surface area contributed by atoms with Crippen LogP contribution >= 0.6 is 11.3 Å². The monoisotopic (exact) mass is 598 g/mol. The Hall–Kier alpha value is -3.84. The van der Waals surface area contributed by atoms with Crippen molar-refractivity contribution < 1.29 is 29.2 Å². The summed E-state index contributed by atoms with van der Waals surface area (Å²) in [5.41, 5.74) is 2.49. The van der Waals surface area contributed by atoms with Crippen molar-refractivity contribution in [2.45, 2.75) is 45.6 Å². The van der Waals surface area contributed by atoms with Crippen molar-refractivity contribution in [1.82, 2.24) is 15.0 Å². The summed E-state index contributed by atoms with van der Waals surface area (Å²) in [7, 11) is 4.80. The molecule has 3 aromatic rings. The zero-order valence-corrected chi connectivity index (χ0v) is 25.3. The lowest BCUT2D eigenvalue weighted by Crippen LogP contribution is -2.38. The summed E-state index contributed by atoms with van der Waals surface area (Å²) in [6.45, 7) is 4.71. The van der Waals surface area contributed by atoms with Gasteiger partial charge in [-0.1, -0.05) is 11.3 Å². The number of hydrogen-bond acceptors (Lipinski definition) is 12. The molecule has 2 aliphatic rings. The number of fused-ring (bicyclic) bond motifs is 1. The lowest BCUT2D eigenvalue weighted by atomic mass is 9.98. The molecule has 0 saturated carbocycles. The second-order valence-electron chi connectivity index (χ2n) is 10.6. The van der Waals surface area contributed by atoms with Gasteiger partial charge < -0.3 is 34.2 Å². The fourth-order valence-corrected chi connectivity index (χ4v) is 6.52. The molecule has 0 radical (unpaired) electrons. The lowest BCUT2D eigenvalue weighted by molar-refractivity contribution is 0.0701. The van der Waals surface area contributed by atoms with Crippen molar-refractivity contribution in [2.75, 3.05) is 62.7 Å². The Morgan fingerprint density at radius 1 is 1.05 bits per heavy atom. The number of methoxy groups -OCH3 is 3. The Morgan fingerprint density at radius 2 is 1.79 bits per heavy atom. The Kier molecular flexibility index (Phi) is 9.17. The standard InChI is InChI=1S/C29H38N6O6S/c1-17-24(27(37)38)42-29(30-17)33-28-31-25-20(26(32-28)35-11-7-8-18(14-35)16-36)9-5-6-10-34(25)15-19-12-21(39-2)23(41-4)22(13-19)40-3/h12-13,18,36H,5-11,14-16H2,1-4H3,(H,37,38)(H,30,31,32,33). The Bertz CT molecular complexity index is 1410. The van der Waals surface area contributed by atoms with Crippen molar-refractivity contribution in [3.05, 3.63) is 33.8 Å². The van der Waals surface area contributed by atoms with E-state index in [1.165, 1.54) is 0 Å². The Balaban J connectivity index is 1.57. The largest absolute Gasteiger partial charge is 0.493 e. The highest BCUT2D eigenvalue weighted by molar-refractivity contribution is 7.17. The maximum atomic E-state index is 11.6. The number of nitrogens with zero attached hydrogens (tertiary/aromatic N) is 5. The molecule has 1 unspecified atom stereocenters. The number of carbonyl (C=O) groups is 1. The molecule has 226 valence electrons. The SMILES string of the molecule is COc1cc(CN2CCCCc3c2nc(Nc2nc(C)c(C(=O)O)s2)nc3N2CCCC(CO)C2)cc(OC)c1OC. The number of hydrogen-bond donors (Lipinski definition) is 3. The summed E-state index contributed by atoms with van der Waals surface area (Å²) in [4.78, 5) is 30.7. The molecule has 1 atom stereocenters. The van der Waals surface area contributed by atoms with Crippen molar-refractivity contribution in [3.8, 4) is 17.2 Å². The van der Waals surface area contributed by atoms with E-state index in [1.807, 2.05) is 12.1 Å². The first-order valence-corrected chi connectivity index (χ1v) is 14.9. The van der Waals surface area contributed by atoms with Gasteiger partial charge in [0.25, 0.3) is 0 Å². The molecule has 1 fully saturated rings. The van der Waals surface area contributed by atoms with E-state index in [1.54, 1.807) is 28.3 Å². The maximum Gasteiger partial charge on any atom is 0.347 e. The number of piperidine rings is 1. The van der Waals surface area contributed by atoms with Gasteiger partial charge in [0, 0.05) is 38.3 Å². The van der Waals surface area contributed by atoms with E-state index < -0.39 is 5.97 Å². The average molecular weight is 599 g/mol. The predicted octanol–water partition coefficient (Wildman–Crippen LogP) is 4.26. The highest BCUT2D eigenvalue weighted by Crippen LogP contribution is 2.40. The summed E-state index contributed by atoms with van der Waals surface area (Å²) >= 11 is 1.06. The van der Waals surface area contributed by atoms with Crippen LogP contribution in [-0.2, 0) is 13.0 Å². The van der Waals surface area contributed by atoms with Crippen molar-refractivity contribution in [2.24, 2.45) is 5.92 Å². The molecule has 1 aromatic carbocycles. The van der Waals surface area contributed by atoms with Crippen molar-refractivity contribution in [1.29, 1.82) is 0 Å². The number of nitrogens with one attached hydrogen (secondary N) is 1. The van der Waals surface area contributed by atoms with Gasteiger partial charge in [0.05, 0.1) is 27.0 Å². The van der Waals surface area contributed by atoms with E-state index in [0.717, 1.165) is 79.3 Å². The van der Waals surface area contributed by atoms with Gasteiger partial charge in [-0.05, 0) is 62.6 Å². The zero-order valence-electron chi connectivity index (χ0n) is 24.5. The van der Waals surface area contributed by atoms with Crippen LogP contribution in [0, 0.1) is 12.8 Å². The maximum absolute atomic E-state index is 11.6. The number of carboxylic acid groups (broad SMARTS) is 1. The molecule has 12 nitrogen and oxygen atoms in total. The van der Waals surface area contributed by atoms with E-state index in [9.17, 15) is 15.0 Å². The number of aliphatic hydroxyl groups is 1. The number of aromatic carboxylic acids is 1. The second-order valence-corrected chi connectivity index (χ2v) is 11.6. The van der Waals surface area contributed by atoms with Crippen molar-refractivity contribution in [3.63, 3.8) is 0 Å². The predicted molar refractivity (Wildman–Crippen MR) is 161 cm³/mol. The van der Waals surface area contributed by atoms with Gasteiger partial charge in [-0.15, -0.1) is 0 Å². The van der Waals surface area contributed by atoms with Gasteiger partial charge in [0.15, 0.2) is 16.6 Å².